The molecule has 0 bridgehead atoms. The van der Waals surface area contributed by atoms with E-state index >= 15 is 0 Å². The highest BCUT2D eigenvalue weighted by molar-refractivity contribution is 4.91. The van der Waals surface area contributed by atoms with Gasteiger partial charge >= 0.3 is 0 Å². The molecule has 1 aliphatic rings. The molecule has 0 aromatic heterocycles. The van der Waals surface area contributed by atoms with Gasteiger partial charge in [-0.05, 0) is 31.2 Å². The van der Waals surface area contributed by atoms with E-state index in [1.54, 1.807) is 0 Å². The smallest absolute Gasteiger partial charge is 0.0163 e. The molecule has 0 saturated heterocycles. The molecule has 1 aliphatic carbocycles. The molecular formula is C12H24N2. The fourth-order valence-corrected chi connectivity index (χ4v) is 1.76. The molecule has 14 heavy (non-hydrogen) atoms. The minimum Gasteiger partial charge on any atom is -0.330 e. The molecule has 1 saturated carbocycles. The van der Waals surface area contributed by atoms with E-state index in [4.69, 9.17) is 5.73 Å². The number of hydrogen-bond donors (Lipinski definition) is 1. The Morgan fingerprint density at radius 3 is 2.57 bits per heavy atom. The van der Waals surface area contributed by atoms with Gasteiger partial charge in [0.2, 0.25) is 0 Å². The minimum atomic E-state index is 0.283. The third-order valence-electron chi connectivity index (χ3n) is 3.36. The summed E-state index contributed by atoms with van der Waals surface area (Å²) in [7, 11) is 0. The summed E-state index contributed by atoms with van der Waals surface area (Å²) < 4.78 is 0. The van der Waals surface area contributed by atoms with Gasteiger partial charge in [-0.15, -0.1) is 6.58 Å². The van der Waals surface area contributed by atoms with E-state index < -0.39 is 0 Å². The van der Waals surface area contributed by atoms with E-state index in [-0.39, 0.29) is 5.41 Å². The maximum atomic E-state index is 5.83. The Balaban J connectivity index is 2.47. The molecule has 2 nitrogen and oxygen atoms in total. The summed E-state index contributed by atoms with van der Waals surface area (Å²) in [6.07, 6.45) is 5.88. The van der Waals surface area contributed by atoms with E-state index in [1.165, 1.54) is 12.8 Å². The molecule has 0 heterocycles. The van der Waals surface area contributed by atoms with Gasteiger partial charge in [-0.1, -0.05) is 19.9 Å². The van der Waals surface area contributed by atoms with Gasteiger partial charge in [0, 0.05) is 19.1 Å². The molecule has 2 heteroatoms. The average molecular weight is 196 g/mol. The highest BCUT2D eigenvalue weighted by Gasteiger charge is 2.32. The van der Waals surface area contributed by atoms with E-state index in [9.17, 15) is 0 Å². The van der Waals surface area contributed by atoms with Crippen LogP contribution in [0, 0.1) is 5.41 Å². The molecule has 0 radical (unpaired) electrons. The standard InChI is InChI=1S/C12H24N2/c1-4-8-14(11-6-7-11)10-12(3,5-2)9-13/h4,11H,1,5-10,13H2,2-3H3. The summed E-state index contributed by atoms with van der Waals surface area (Å²) in [5.41, 5.74) is 6.11. The number of nitrogens with zero attached hydrogens (tertiary/aromatic N) is 1. The summed E-state index contributed by atoms with van der Waals surface area (Å²) in [5, 5.41) is 0. The Labute approximate surface area is 88.2 Å². The normalized spacial score (nSPS) is 20.9. The van der Waals surface area contributed by atoms with Crippen molar-refractivity contribution in [2.45, 2.75) is 39.2 Å². The topological polar surface area (TPSA) is 29.3 Å². The largest absolute Gasteiger partial charge is 0.330 e. The molecule has 0 aromatic rings. The molecule has 2 N–H and O–H groups in total. The second-order valence-electron chi connectivity index (χ2n) is 4.82. The van der Waals surface area contributed by atoms with Crippen molar-refractivity contribution in [2.24, 2.45) is 11.1 Å². The Bertz CT molecular complexity index is 181. The van der Waals surface area contributed by atoms with Crippen molar-refractivity contribution in [3.8, 4) is 0 Å². The molecule has 1 rings (SSSR count). The van der Waals surface area contributed by atoms with Crippen LogP contribution in [0.3, 0.4) is 0 Å². The average Bonchev–Trinajstić information content (AvgIpc) is 3.00. The van der Waals surface area contributed by atoms with Crippen molar-refractivity contribution in [1.29, 1.82) is 0 Å². The molecule has 1 unspecified atom stereocenters. The second-order valence-corrected chi connectivity index (χ2v) is 4.82. The third kappa shape index (κ3) is 3.10. The molecule has 0 aliphatic heterocycles. The van der Waals surface area contributed by atoms with Crippen LogP contribution in [0.2, 0.25) is 0 Å². The first kappa shape index (κ1) is 11.7. The van der Waals surface area contributed by atoms with Crippen LogP contribution in [0.15, 0.2) is 12.7 Å². The summed E-state index contributed by atoms with van der Waals surface area (Å²) in [6, 6.07) is 0.811. The summed E-state index contributed by atoms with van der Waals surface area (Å²) in [5.74, 6) is 0. The summed E-state index contributed by atoms with van der Waals surface area (Å²) in [6.45, 7) is 11.2. The predicted molar refractivity (Wildman–Crippen MR) is 62.2 cm³/mol. The van der Waals surface area contributed by atoms with E-state index in [0.29, 0.717) is 0 Å². The van der Waals surface area contributed by atoms with Crippen molar-refractivity contribution < 1.29 is 0 Å². The van der Waals surface area contributed by atoms with Gasteiger partial charge in [-0.25, -0.2) is 0 Å². The minimum absolute atomic E-state index is 0.283. The van der Waals surface area contributed by atoms with Crippen LogP contribution in [-0.2, 0) is 0 Å². The molecule has 0 amide bonds. The van der Waals surface area contributed by atoms with Gasteiger partial charge in [-0.3, -0.25) is 4.90 Å². The number of nitrogens with two attached hydrogens (primary N) is 1. The van der Waals surface area contributed by atoms with Crippen LogP contribution in [0.1, 0.15) is 33.1 Å². The second kappa shape index (κ2) is 4.94. The van der Waals surface area contributed by atoms with Gasteiger partial charge in [0.15, 0.2) is 0 Å². The first-order chi connectivity index (χ1) is 6.65. The zero-order chi connectivity index (χ0) is 10.6. The molecule has 0 spiro atoms. The van der Waals surface area contributed by atoms with Crippen molar-refractivity contribution in [2.75, 3.05) is 19.6 Å². The molecule has 0 aromatic carbocycles. The first-order valence-electron chi connectivity index (χ1n) is 5.70. The molecule has 1 atom stereocenters. The lowest BCUT2D eigenvalue weighted by atomic mass is 9.87. The van der Waals surface area contributed by atoms with Crippen LogP contribution < -0.4 is 5.73 Å². The zero-order valence-corrected chi connectivity index (χ0v) is 9.63. The van der Waals surface area contributed by atoms with Gasteiger partial charge in [0.05, 0.1) is 0 Å². The molecular weight excluding hydrogens is 172 g/mol. The van der Waals surface area contributed by atoms with Crippen molar-refractivity contribution >= 4 is 0 Å². The molecule has 1 fully saturated rings. The Kier molecular flexibility index (Phi) is 4.14. The fourth-order valence-electron chi connectivity index (χ4n) is 1.76. The monoisotopic (exact) mass is 196 g/mol. The van der Waals surface area contributed by atoms with E-state index in [2.05, 4.69) is 25.3 Å². The van der Waals surface area contributed by atoms with Crippen molar-refractivity contribution in [3.63, 3.8) is 0 Å². The Morgan fingerprint density at radius 2 is 2.21 bits per heavy atom. The van der Waals surface area contributed by atoms with Crippen LogP contribution in [0.5, 0.6) is 0 Å². The van der Waals surface area contributed by atoms with Gasteiger partial charge in [-0.2, -0.15) is 0 Å². The maximum absolute atomic E-state index is 5.83. The maximum Gasteiger partial charge on any atom is 0.0163 e. The quantitative estimate of drug-likeness (QED) is 0.631. The van der Waals surface area contributed by atoms with Gasteiger partial charge < -0.3 is 5.73 Å². The van der Waals surface area contributed by atoms with Crippen molar-refractivity contribution in [3.05, 3.63) is 12.7 Å². The van der Waals surface area contributed by atoms with E-state index in [1.807, 2.05) is 6.08 Å². The Morgan fingerprint density at radius 1 is 1.57 bits per heavy atom. The lowest BCUT2D eigenvalue weighted by Crippen LogP contribution is -2.41. The van der Waals surface area contributed by atoms with Crippen molar-refractivity contribution in [1.82, 2.24) is 4.90 Å². The first-order valence-corrected chi connectivity index (χ1v) is 5.70. The lowest BCUT2D eigenvalue weighted by Gasteiger charge is -2.33. The van der Waals surface area contributed by atoms with Crippen LogP contribution in [-0.4, -0.2) is 30.6 Å². The fraction of sp³-hybridized carbons (Fsp3) is 0.833. The molecule has 82 valence electrons. The van der Waals surface area contributed by atoms with Gasteiger partial charge in [0.25, 0.3) is 0 Å². The summed E-state index contributed by atoms with van der Waals surface area (Å²) >= 11 is 0. The highest BCUT2D eigenvalue weighted by Crippen LogP contribution is 2.31. The van der Waals surface area contributed by atoms with Crippen LogP contribution >= 0.6 is 0 Å². The Hall–Kier alpha value is -0.340. The van der Waals surface area contributed by atoms with Crippen LogP contribution in [0.4, 0.5) is 0 Å². The lowest BCUT2D eigenvalue weighted by molar-refractivity contribution is 0.170. The highest BCUT2D eigenvalue weighted by atomic mass is 15.2. The van der Waals surface area contributed by atoms with E-state index in [0.717, 1.165) is 32.1 Å². The van der Waals surface area contributed by atoms with Crippen LogP contribution in [0.25, 0.3) is 0 Å². The SMILES string of the molecule is C=CCN(CC(C)(CC)CN)C1CC1. The predicted octanol–water partition coefficient (Wildman–Crippen LogP) is 2.01. The number of hydrogen-bond acceptors (Lipinski definition) is 2. The summed E-state index contributed by atoms with van der Waals surface area (Å²) in [4.78, 5) is 2.53. The van der Waals surface area contributed by atoms with Gasteiger partial charge in [0.1, 0.15) is 0 Å². The zero-order valence-electron chi connectivity index (χ0n) is 9.63. The number of rotatable bonds is 7. The third-order valence-corrected chi connectivity index (χ3v) is 3.36.